The monoisotopic (exact) mass is 346 g/mol. The van der Waals surface area contributed by atoms with Crippen LogP contribution in [0.2, 0.25) is 0 Å². The summed E-state index contributed by atoms with van der Waals surface area (Å²) in [6.07, 6.45) is 1.01. The molecule has 0 saturated heterocycles. The Kier molecular flexibility index (Phi) is 5.06. The molecule has 3 rings (SSSR count). The predicted molar refractivity (Wildman–Crippen MR) is 96.2 cm³/mol. The van der Waals surface area contributed by atoms with Crippen molar-refractivity contribution in [2.45, 2.75) is 19.4 Å². The van der Waals surface area contributed by atoms with E-state index in [9.17, 15) is 4.79 Å². The Morgan fingerprint density at radius 1 is 1.33 bits per heavy atom. The number of benzene rings is 1. The van der Waals surface area contributed by atoms with Crippen LogP contribution in [0.1, 0.15) is 23.4 Å². The minimum absolute atomic E-state index is 0.0380. The molecular weight excluding hydrogens is 324 g/mol. The number of anilines is 1. The first-order valence-corrected chi connectivity index (χ1v) is 8.82. The number of ether oxygens (including phenoxy) is 2. The van der Waals surface area contributed by atoms with Crippen molar-refractivity contribution in [2.24, 2.45) is 0 Å². The van der Waals surface area contributed by atoms with Crippen LogP contribution in [0.4, 0.5) is 5.69 Å². The van der Waals surface area contributed by atoms with Crippen LogP contribution < -0.4 is 14.8 Å². The minimum Gasteiger partial charge on any atom is -0.497 e. The average Bonchev–Trinajstić information content (AvgIpc) is 3.07. The van der Waals surface area contributed by atoms with E-state index in [0.717, 1.165) is 13.0 Å². The SMILES string of the molecule is COc1ccc(NC(=O)CN2CCc3sccc3[C@@H]2C)c(OC)c1. The van der Waals surface area contributed by atoms with Crippen molar-refractivity contribution in [3.05, 3.63) is 40.1 Å². The standard InChI is InChI=1S/C18H22N2O3S/c1-12-14-7-9-24-17(14)6-8-20(12)11-18(21)19-15-5-4-13(22-2)10-16(15)23-3/h4-5,7,9-10,12H,6,8,11H2,1-3H3,(H,19,21)/t12-/m0/s1. The largest absolute Gasteiger partial charge is 0.497 e. The Bertz CT molecular complexity index is 729. The van der Waals surface area contributed by atoms with Gasteiger partial charge in [0.2, 0.25) is 5.91 Å². The summed E-state index contributed by atoms with van der Waals surface area (Å²) in [7, 11) is 3.18. The number of methoxy groups -OCH3 is 2. The molecule has 0 unspecified atom stereocenters. The van der Waals surface area contributed by atoms with Gasteiger partial charge in [-0.25, -0.2) is 0 Å². The lowest BCUT2D eigenvalue weighted by Crippen LogP contribution is -2.39. The molecule has 1 aromatic carbocycles. The van der Waals surface area contributed by atoms with Gasteiger partial charge in [-0.2, -0.15) is 0 Å². The third-order valence-corrected chi connectivity index (χ3v) is 5.43. The second-order valence-corrected chi connectivity index (χ2v) is 6.81. The van der Waals surface area contributed by atoms with Crippen LogP contribution in [0, 0.1) is 0 Å². The first-order valence-electron chi connectivity index (χ1n) is 7.94. The summed E-state index contributed by atoms with van der Waals surface area (Å²) in [6, 6.07) is 7.80. The van der Waals surface area contributed by atoms with Crippen molar-refractivity contribution < 1.29 is 14.3 Å². The van der Waals surface area contributed by atoms with Crippen LogP contribution in [0.3, 0.4) is 0 Å². The fraction of sp³-hybridized carbons (Fsp3) is 0.389. The number of nitrogens with zero attached hydrogens (tertiary/aromatic N) is 1. The fourth-order valence-electron chi connectivity index (χ4n) is 3.05. The zero-order valence-corrected chi connectivity index (χ0v) is 15.0. The summed E-state index contributed by atoms with van der Waals surface area (Å²) in [4.78, 5) is 16.1. The Labute approximate surface area is 146 Å². The molecule has 1 atom stereocenters. The Morgan fingerprint density at radius 2 is 2.17 bits per heavy atom. The van der Waals surface area contributed by atoms with Crippen LogP contribution in [-0.2, 0) is 11.2 Å². The first kappa shape index (κ1) is 16.8. The molecule has 128 valence electrons. The van der Waals surface area contributed by atoms with Crippen LogP contribution >= 0.6 is 11.3 Å². The third kappa shape index (κ3) is 3.39. The van der Waals surface area contributed by atoms with Crippen molar-refractivity contribution in [1.82, 2.24) is 4.90 Å². The van der Waals surface area contributed by atoms with Gasteiger partial charge in [0, 0.05) is 23.5 Å². The van der Waals surface area contributed by atoms with E-state index in [0.29, 0.717) is 23.7 Å². The predicted octanol–water partition coefficient (Wildman–Crippen LogP) is 3.32. The number of fused-ring (bicyclic) bond motifs is 1. The third-order valence-electron chi connectivity index (χ3n) is 4.43. The van der Waals surface area contributed by atoms with Crippen LogP contribution in [0.5, 0.6) is 11.5 Å². The van der Waals surface area contributed by atoms with Crippen LogP contribution in [0.25, 0.3) is 0 Å². The normalized spacial score (nSPS) is 17.2. The molecule has 2 aromatic rings. The molecule has 0 fully saturated rings. The Balaban J connectivity index is 1.66. The van der Waals surface area contributed by atoms with E-state index in [1.165, 1.54) is 10.4 Å². The maximum absolute atomic E-state index is 12.5. The van der Waals surface area contributed by atoms with Gasteiger partial charge in [-0.05, 0) is 42.5 Å². The molecule has 0 saturated carbocycles. The van der Waals surface area contributed by atoms with Crippen LogP contribution in [0.15, 0.2) is 29.6 Å². The quantitative estimate of drug-likeness (QED) is 0.902. The zero-order valence-electron chi connectivity index (χ0n) is 14.2. The van der Waals surface area contributed by atoms with E-state index in [2.05, 4.69) is 28.6 Å². The molecule has 5 nitrogen and oxygen atoms in total. The molecule has 1 aliphatic rings. The molecule has 0 aliphatic carbocycles. The fourth-order valence-corrected chi connectivity index (χ4v) is 4.02. The molecule has 1 aromatic heterocycles. The van der Waals surface area contributed by atoms with E-state index >= 15 is 0 Å². The molecule has 0 radical (unpaired) electrons. The smallest absolute Gasteiger partial charge is 0.238 e. The van der Waals surface area contributed by atoms with Crippen molar-refractivity contribution >= 4 is 22.9 Å². The molecule has 1 amide bonds. The topological polar surface area (TPSA) is 50.8 Å². The summed E-state index contributed by atoms with van der Waals surface area (Å²) in [5.41, 5.74) is 2.00. The molecule has 1 N–H and O–H groups in total. The number of nitrogens with one attached hydrogen (secondary N) is 1. The van der Waals surface area contributed by atoms with Gasteiger partial charge < -0.3 is 14.8 Å². The van der Waals surface area contributed by atoms with Gasteiger partial charge in [0.1, 0.15) is 11.5 Å². The number of carbonyl (C=O) groups is 1. The molecule has 24 heavy (non-hydrogen) atoms. The Hall–Kier alpha value is -2.05. The number of carbonyl (C=O) groups excluding carboxylic acids is 1. The summed E-state index contributed by atoms with van der Waals surface area (Å²) >= 11 is 1.81. The Morgan fingerprint density at radius 3 is 2.92 bits per heavy atom. The van der Waals surface area contributed by atoms with E-state index in [1.807, 2.05) is 0 Å². The van der Waals surface area contributed by atoms with Gasteiger partial charge in [0.25, 0.3) is 0 Å². The number of amides is 1. The summed E-state index contributed by atoms with van der Waals surface area (Å²) in [5.74, 6) is 1.25. The highest BCUT2D eigenvalue weighted by molar-refractivity contribution is 7.10. The lowest BCUT2D eigenvalue weighted by atomic mass is 10.0. The number of thiophene rings is 1. The van der Waals surface area contributed by atoms with Gasteiger partial charge in [-0.3, -0.25) is 9.69 Å². The number of rotatable bonds is 5. The minimum atomic E-state index is -0.0380. The van der Waals surface area contributed by atoms with Gasteiger partial charge in [0.05, 0.1) is 26.5 Å². The molecule has 1 aliphatic heterocycles. The highest BCUT2D eigenvalue weighted by Gasteiger charge is 2.26. The lowest BCUT2D eigenvalue weighted by Gasteiger charge is -2.32. The second-order valence-electron chi connectivity index (χ2n) is 5.81. The van der Waals surface area contributed by atoms with Gasteiger partial charge in [0.15, 0.2) is 0 Å². The van der Waals surface area contributed by atoms with Crippen LogP contribution in [-0.4, -0.2) is 38.1 Å². The summed E-state index contributed by atoms with van der Waals surface area (Å²) in [6.45, 7) is 3.43. The highest BCUT2D eigenvalue weighted by atomic mass is 32.1. The molecule has 6 heteroatoms. The summed E-state index contributed by atoms with van der Waals surface area (Å²) < 4.78 is 10.5. The average molecular weight is 346 g/mol. The van der Waals surface area contributed by atoms with Crippen molar-refractivity contribution in [1.29, 1.82) is 0 Å². The van der Waals surface area contributed by atoms with Crippen molar-refractivity contribution in [3.8, 4) is 11.5 Å². The molecule has 0 bridgehead atoms. The molecule has 2 heterocycles. The van der Waals surface area contributed by atoms with E-state index < -0.39 is 0 Å². The van der Waals surface area contributed by atoms with Gasteiger partial charge in [-0.1, -0.05) is 0 Å². The maximum Gasteiger partial charge on any atom is 0.238 e. The number of hydrogen-bond donors (Lipinski definition) is 1. The first-order chi connectivity index (χ1) is 11.6. The number of hydrogen-bond acceptors (Lipinski definition) is 5. The molecule has 0 spiro atoms. The van der Waals surface area contributed by atoms with E-state index in [1.54, 1.807) is 43.8 Å². The van der Waals surface area contributed by atoms with Crippen molar-refractivity contribution in [3.63, 3.8) is 0 Å². The highest BCUT2D eigenvalue weighted by Crippen LogP contribution is 2.33. The molecular formula is C18H22N2O3S. The lowest BCUT2D eigenvalue weighted by molar-refractivity contribution is -0.117. The van der Waals surface area contributed by atoms with Crippen molar-refractivity contribution in [2.75, 3.05) is 32.6 Å². The van der Waals surface area contributed by atoms with E-state index in [4.69, 9.17) is 9.47 Å². The van der Waals surface area contributed by atoms with Gasteiger partial charge in [-0.15, -0.1) is 11.3 Å². The second kappa shape index (κ2) is 7.23. The van der Waals surface area contributed by atoms with Gasteiger partial charge >= 0.3 is 0 Å². The summed E-state index contributed by atoms with van der Waals surface area (Å²) in [5, 5.41) is 5.07. The zero-order chi connectivity index (χ0) is 17.1. The van der Waals surface area contributed by atoms with E-state index in [-0.39, 0.29) is 11.9 Å². The maximum atomic E-state index is 12.5.